The lowest BCUT2D eigenvalue weighted by Gasteiger charge is -2.27. The van der Waals surface area contributed by atoms with Gasteiger partial charge in [-0.3, -0.25) is 19.7 Å². The van der Waals surface area contributed by atoms with Gasteiger partial charge in [0.2, 0.25) is 5.91 Å². The molecule has 0 bridgehead atoms. The number of hydrogen-bond donors (Lipinski definition) is 2. The highest BCUT2D eigenvalue weighted by Crippen LogP contribution is 2.34. The molecular weight excluding hydrogens is 316 g/mol. The van der Waals surface area contributed by atoms with Crippen LogP contribution in [0.15, 0.2) is 18.2 Å². The average molecular weight is 336 g/mol. The van der Waals surface area contributed by atoms with Crippen LogP contribution in [0.4, 0.5) is 11.4 Å². The van der Waals surface area contributed by atoms with Crippen LogP contribution in [-0.2, 0) is 9.59 Å². The van der Waals surface area contributed by atoms with E-state index >= 15 is 0 Å². The maximum Gasteiger partial charge on any atom is 0.307 e. The van der Waals surface area contributed by atoms with Crippen molar-refractivity contribution < 1.29 is 24.4 Å². The standard InChI is InChI=1S/C16H20N2O6/c1-2-24-10-7-8-13(14(9-10)18(22)23)17-15(19)11-5-3-4-6-12(11)16(20)21/h7-9,11-12H,2-6H2,1H3,(H,17,19)(H,20,21). The second-order valence-corrected chi connectivity index (χ2v) is 5.69. The van der Waals surface area contributed by atoms with Gasteiger partial charge in [-0.2, -0.15) is 0 Å². The zero-order valence-corrected chi connectivity index (χ0v) is 13.4. The summed E-state index contributed by atoms with van der Waals surface area (Å²) in [6.07, 6.45) is 2.45. The summed E-state index contributed by atoms with van der Waals surface area (Å²) < 4.78 is 5.23. The van der Waals surface area contributed by atoms with E-state index in [2.05, 4.69) is 5.32 Å². The third-order valence-electron chi connectivity index (χ3n) is 4.15. The molecule has 1 amide bonds. The molecular formula is C16H20N2O6. The van der Waals surface area contributed by atoms with Gasteiger partial charge in [0.25, 0.3) is 5.69 Å². The first kappa shape index (κ1) is 17.7. The van der Waals surface area contributed by atoms with Crippen LogP contribution in [0.2, 0.25) is 0 Å². The van der Waals surface area contributed by atoms with Crippen molar-refractivity contribution in [3.63, 3.8) is 0 Å². The van der Waals surface area contributed by atoms with E-state index in [0.717, 1.165) is 12.8 Å². The van der Waals surface area contributed by atoms with Gasteiger partial charge in [-0.05, 0) is 31.9 Å². The first-order valence-corrected chi connectivity index (χ1v) is 7.89. The van der Waals surface area contributed by atoms with Gasteiger partial charge in [-0.25, -0.2) is 0 Å². The third-order valence-corrected chi connectivity index (χ3v) is 4.15. The predicted octanol–water partition coefficient (Wildman–Crippen LogP) is 2.82. The number of carbonyl (C=O) groups excluding carboxylic acids is 1. The molecule has 1 aliphatic rings. The van der Waals surface area contributed by atoms with Crippen LogP contribution < -0.4 is 10.1 Å². The van der Waals surface area contributed by atoms with Gasteiger partial charge in [0.1, 0.15) is 11.4 Å². The minimum Gasteiger partial charge on any atom is -0.494 e. The second kappa shape index (κ2) is 7.76. The van der Waals surface area contributed by atoms with Gasteiger partial charge in [0.15, 0.2) is 0 Å². The molecule has 8 nitrogen and oxygen atoms in total. The molecule has 2 unspecified atom stereocenters. The molecule has 2 rings (SSSR count). The molecule has 0 radical (unpaired) electrons. The summed E-state index contributed by atoms with van der Waals surface area (Å²) in [7, 11) is 0. The van der Waals surface area contributed by atoms with Crippen LogP contribution in [0.3, 0.4) is 0 Å². The highest BCUT2D eigenvalue weighted by molar-refractivity contribution is 5.97. The number of nitro benzene ring substituents is 1. The van der Waals surface area contributed by atoms with E-state index < -0.39 is 28.6 Å². The molecule has 1 aromatic rings. The van der Waals surface area contributed by atoms with Crippen LogP contribution >= 0.6 is 0 Å². The predicted molar refractivity (Wildman–Crippen MR) is 86.0 cm³/mol. The fourth-order valence-electron chi connectivity index (χ4n) is 2.99. The van der Waals surface area contributed by atoms with Gasteiger partial charge >= 0.3 is 5.97 Å². The lowest BCUT2D eigenvalue weighted by Crippen LogP contribution is -2.36. The van der Waals surface area contributed by atoms with Gasteiger partial charge in [0.05, 0.1) is 29.4 Å². The monoisotopic (exact) mass is 336 g/mol. The van der Waals surface area contributed by atoms with Crippen molar-refractivity contribution in [3.8, 4) is 5.75 Å². The van der Waals surface area contributed by atoms with Crippen LogP contribution in [0.5, 0.6) is 5.75 Å². The Bertz CT molecular complexity index is 645. The Labute approximate surface area is 139 Å². The minimum absolute atomic E-state index is 0.0446. The van der Waals surface area contributed by atoms with E-state index in [1.807, 2.05) is 0 Å². The molecule has 1 fully saturated rings. The largest absolute Gasteiger partial charge is 0.494 e. The van der Waals surface area contributed by atoms with Crippen molar-refractivity contribution in [1.29, 1.82) is 0 Å². The van der Waals surface area contributed by atoms with Crippen molar-refractivity contribution in [3.05, 3.63) is 28.3 Å². The minimum atomic E-state index is -1.00. The van der Waals surface area contributed by atoms with E-state index in [9.17, 15) is 24.8 Å². The quantitative estimate of drug-likeness (QED) is 0.609. The van der Waals surface area contributed by atoms with Crippen molar-refractivity contribution >= 4 is 23.3 Å². The molecule has 130 valence electrons. The number of benzene rings is 1. The fraction of sp³-hybridized carbons (Fsp3) is 0.500. The molecule has 2 N–H and O–H groups in total. The maximum atomic E-state index is 12.4. The molecule has 1 aliphatic carbocycles. The number of carboxylic acids is 1. The van der Waals surface area contributed by atoms with Crippen molar-refractivity contribution in [1.82, 2.24) is 0 Å². The Morgan fingerprint density at radius 2 is 2.00 bits per heavy atom. The SMILES string of the molecule is CCOc1ccc(NC(=O)C2CCCCC2C(=O)O)c([N+](=O)[O-])c1. The van der Waals surface area contributed by atoms with E-state index in [-0.39, 0.29) is 11.4 Å². The van der Waals surface area contributed by atoms with Crippen LogP contribution in [0, 0.1) is 22.0 Å². The highest BCUT2D eigenvalue weighted by atomic mass is 16.6. The molecule has 0 aliphatic heterocycles. The Hall–Kier alpha value is -2.64. The molecule has 24 heavy (non-hydrogen) atoms. The summed E-state index contributed by atoms with van der Waals surface area (Å²) in [5, 5.41) is 23.0. The highest BCUT2D eigenvalue weighted by Gasteiger charge is 2.36. The Morgan fingerprint density at radius 3 is 2.58 bits per heavy atom. The molecule has 0 saturated heterocycles. The first-order valence-electron chi connectivity index (χ1n) is 7.89. The first-order chi connectivity index (χ1) is 11.4. The maximum absolute atomic E-state index is 12.4. The van der Waals surface area contributed by atoms with Crippen LogP contribution in [-0.4, -0.2) is 28.5 Å². The summed E-state index contributed by atoms with van der Waals surface area (Å²) in [4.78, 5) is 34.4. The third kappa shape index (κ3) is 4.01. The van der Waals surface area contributed by atoms with Crippen LogP contribution in [0.1, 0.15) is 32.6 Å². The number of nitro groups is 1. The summed E-state index contributed by atoms with van der Waals surface area (Å²) in [5.74, 6) is -2.59. The Kier molecular flexibility index (Phi) is 5.73. The normalized spacial score (nSPS) is 20.2. The molecule has 2 atom stereocenters. The van der Waals surface area contributed by atoms with Crippen molar-refractivity contribution in [2.75, 3.05) is 11.9 Å². The zero-order valence-electron chi connectivity index (χ0n) is 13.4. The molecule has 1 aromatic carbocycles. The lowest BCUT2D eigenvalue weighted by molar-refractivity contribution is -0.384. The van der Waals surface area contributed by atoms with Crippen LogP contribution in [0.25, 0.3) is 0 Å². The summed E-state index contributed by atoms with van der Waals surface area (Å²) in [5.41, 5.74) is -0.236. The van der Waals surface area contributed by atoms with Gasteiger partial charge in [-0.1, -0.05) is 12.8 Å². The molecule has 0 heterocycles. The van der Waals surface area contributed by atoms with E-state index in [0.29, 0.717) is 25.2 Å². The van der Waals surface area contributed by atoms with E-state index in [1.165, 1.54) is 18.2 Å². The smallest absolute Gasteiger partial charge is 0.307 e. The van der Waals surface area contributed by atoms with Gasteiger partial charge in [-0.15, -0.1) is 0 Å². The van der Waals surface area contributed by atoms with Crippen molar-refractivity contribution in [2.24, 2.45) is 11.8 Å². The number of carbonyl (C=O) groups is 2. The number of nitrogens with zero attached hydrogens (tertiary/aromatic N) is 1. The van der Waals surface area contributed by atoms with Gasteiger partial charge in [0, 0.05) is 0 Å². The van der Waals surface area contributed by atoms with Crippen molar-refractivity contribution in [2.45, 2.75) is 32.6 Å². The number of nitrogens with one attached hydrogen (secondary N) is 1. The number of carboxylic acid groups (broad SMARTS) is 1. The fourth-order valence-corrected chi connectivity index (χ4v) is 2.99. The molecule has 0 aromatic heterocycles. The van der Waals surface area contributed by atoms with E-state index in [1.54, 1.807) is 6.92 Å². The average Bonchev–Trinajstić information content (AvgIpc) is 2.56. The Balaban J connectivity index is 2.21. The second-order valence-electron chi connectivity index (χ2n) is 5.69. The number of amides is 1. The summed E-state index contributed by atoms with van der Waals surface area (Å²) >= 11 is 0. The number of ether oxygens (including phenoxy) is 1. The zero-order chi connectivity index (χ0) is 17.7. The molecule has 8 heteroatoms. The molecule has 0 spiro atoms. The number of rotatable bonds is 6. The topological polar surface area (TPSA) is 119 Å². The van der Waals surface area contributed by atoms with Gasteiger partial charge < -0.3 is 15.2 Å². The van der Waals surface area contributed by atoms with E-state index in [4.69, 9.17) is 4.74 Å². The molecule has 1 saturated carbocycles. The summed E-state index contributed by atoms with van der Waals surface area (Å²) in [6.45, 7) is 2.13. The lowest BCUT2D eigenvalue weighted by atomic mass is 9.78. The number of anilines is 1. The summed E-state index contributed by atoms with van der Waals surface area (Å²) in [6, 6.07) is 4.18. The Morgan fingerprint density at radius 1 is 1.33 bits per heavy atom. The number of aliphatic carboxylic acids is 1. The number of hydrogen-bond acceptors (Lipinski definition) is 5.